The van der Waals surface area contributed by atoms with Gasteiger partial charge in [-0.25, -0.2) is 4.98 Å². The SMILES string of the molecule is O=C(Nc1cccc(C(F)(F)F)c1)c1cc(-c2cccc(Br)c2)nc2ccccc12. The number of hydrogen-bond acceptors (Lipinski definition) is 2. The number of hydrogen-bond donors (Lipinski definition) is 1. The number of fused-ring (bicyclic) bond motifs is 1. The second kappa shape index (κ2) is 7.91. The van der Waals surface area contributed by atoms with E-state index in [1.54, 1.807) is 24.3 Å². The van der Waals surface area contributed by atoms with Crippen molar-refractivity contribution in [3.8, 4) is 11.3 Å². The van der Waals surface area contributed by atoms with Gasteiger partial charge in [-0.3, -0.25) is 4.79 Å². The Morgan fingerprint density at radius 2 is 1.67 bits per heavy atom. The van der Waals surface area contributed by atoms with Gasteiger partial charge in [-0.05, 0) is 42.5 Å². The zero-order chi connectivity index (χ0) is 21.3. The summed E-state index contributed by atoms with van der Waals surface area (Å²) in [6.07, 6.45) is -4.49. The number of nitrogens with zero attached hydrogens (tertiary/aromatic N) is 1. The van der Waals surface area contributed by atoms with Crippen LogP contribution < -0.4 is 5.32 Å². The van der Waals surface area contributed by atoms with Crippen molar-refractivity contribution in [2.24, 2.45) is 0 Å². The molecule has 0 saturated heterocycles. The predicted molar refractivity (Wildman–Crippen MR) is 114 cm³/mol. The molecule has 1 amide bonds. The van der Waals surface area contributed by atoms with Crippen LogP contribution in [0.1, 0.15) is 15.9 Å². The molecule has 0 radical (unpaired) electrons. The van der Waals surface area contributed by atoms with Crippen molar-refractivity contribution in [1.82, 2.24) is 4.98 Å². The number of nitrogens with one attached hydrogen (secondary N) is 1. The number of aromatic nitrogens is 1. The molecule has 3 nitrogen and oxygen atoms in total. The average Bonchev–Trinajstić information content (AvgIpc) is 2.72. The molecule has 1 heterocycles. The Morgan fingerprint density at radius 1 is 0.900 bits per heavy atom. The number of benzene rings is 3. The molecule has 0 bridgehead atoms. The molecule has 3 aromatic carbocycles. The largest absolute Gasteiger partial charge is 0.416 e. The lowest BCUT2D eigenvalue weighted by molar-refractivity contribution is -0.137. The Bertz CT molecular complexity index is 1250. The van der Waals surface area contributed by atoms with Crippen molar-refractivity contribution in [2.45, 2.75) is 6.18 Å². The molecule has 150 valence electrons. The van der Waals surface area contributed by atoms with E-state index in [1.807, 2.05) is 30.3 Å². The van der Waals surface area contributed by atoms with E-state index < -0.39 is 17.6 Å². The Hall–Kier alpha value is -3.19. The number of alkyl halides is 3. The molecule has 0 unspecified atom stereocenters. The van der Waals surface area contributed by atoms with Gasteiger partial charge in [-0.15, -0.1) is 0 Å². The molecule has 30 heavy (non-hydrogen) atoms. The van der Waals surface area contributed by atoms with E-state index in [0.717, 1.165) is 22.2 Å². The third-order valence-electron chi connectivity index (χ3n) is 4.53. The minimum Gasteiger partial charge on any atom is -0.322 e. The summed E-state index contributed by atoms with van der Waals surface area (Å²) in [6.45, 7) is 0. The summed E-state index contributed by atoms with van der Waals surface area (Å²) >= 11 is 3.42. The Balaban J connectivity index is 1.77. The first-order valence-corrected chi connectivity index (χ1v) is 9.75. The third-order valence-corrected chi connectivity index (χ3v) is 5.02. The summed E-state index contributed by atoms with van der Waals surface area (Å²) in [5, 5.41) is 3.19. The van der Waals surface area contributed by atoms with E-state index in [9.17, 15) is 18.0 Å². The molecule has 0 atom stereocenters. The van der Waals surface area contributed by atoms with Crippen molar-refractivity contribution in [3.63, 3.8) is 0 Å². The number of anilines is 1. The van der Waals surface area contributed by atoms with Crippen LogP contribution in [0.3, 0.4) is 0 Å². The van der Waals surface area contributed by atoms with E-state index in [4.69, 9.17) is 0 Å². The number of pyridine rings is 1. The minimum atomic E-state index is -4.49. The highest BCUT2D eigenvalue weighted by Gasteiger charge is 2.30. The fourth-order valence-electron chi connectivity index (χ4n) is 3.13. The van der Waals surface area contributed by atoms with Crippen LogP contribution in [0, 0.1) is 0 Å². The molecule has 4 aromatic rings. The van der Waals surface area contributed by atoms with E-state index in [1.165, 1.54) is 12.1 Å². The lowest BCUT2D eigenvalue weighted by Gasteiger charge is -2.12. The van der Waals surface area contributed by atoms with Crippen molar-refractivity contribution in [1.29, 1.82) is 0 Å². The van der Waals surface area contributed by atoms with Crippen LogP contribution in [0.2, 0.25) is 0 Å². The van der Waals surface area contributed by atoms with Gasteiger partial charge in [0.1, 0.15) is 0 Å². The summed E-state index contributed by atoms with van der Waals surface area (Å²) in [4.78, 5) is 17.6. The highest BCUT2D eigenvalue weighted by molar-refractivity contribution is 9.10. The van der Waals surface area contributed by atoms with Crippen molar-refractivity contribution in [2.75, 3.05) is 5.32 Å². The first-order chi connectivity index (χ1) is 14.3. The molecule has 0 aliphatic carbocycles. The number of halogens is 4. The maximum Gasteiger partial charge on any atom is 0.416 e. The molecule has 0 fully saturated rings. The quantitative estimate of drug-likeness (QED) is 0.352. The molecule has 1 aromatic heterocycles. The maximum absolute atomic E-state index is 13.0. The van der Waals surface area contributed by atoms with Gasteiger partial charge in [0.25, 0.3) is 5.91 Å². The van der Waals surface area contributed by atoms with Crippen LogP contribution >= 0.6 is 15.9 Å². The van der Waals surface area contributed by atoms with Gasteiger partial charge in [0.15, 0.2) is 0 Å². The topological polar surface area (TPSA) is 42.0 Å². The molecule has 0 aliphatic heterocycles. The first-order valence-electron chi connectivity index (χ1n) is 8.95. The minimum absolute atomic E-state index is 0.0692. The summed E-state index contributed by atoms with van der Waals surface area (Å²) in [5.41, 5.74) is 1.58. The van der Waals surface area contributed by atoms with E-state index in [-0.39, 0.29) is 5.69 Å². The predicted octanol–water partition coefficient (Wildman–Crippen LogP) is 6.94. The molecule has 0 spiro atoms. The zero-order valence-corrected chi connectivity index (χ0v) is 17.0. The van der Waals surface area contributed by atoms with Gasteiger partial charge >= 0.3 is 6.18 Å². The van der Waals surface area contributed by atoms with Crippen LogP contribution in [-0.4, -0.2) is 10.9 Å². The van der Waals surface area contributed by atoms with Crippen LogP contribution in [0.15, 0.2) is 83.3 Å². The van der Waals surface area contributed by atoms with Gasteiger partial charge in [-0.2, -0.15) is 13.2 Å². The first kappa shape index (κ1) is 20.1. The Morgan fingerprint density at radius 3 is 2.43 bits per heavy atom. The lowest BCUT2D eigenvalue weighted by Crippen LogP contribution is -2.14. The van der Waals surface area contributed by atoms with E-state index in [0.29, 0.717) is 22.2 Å². The number of rotatable bonds is 3. The Labute approximate surface area is 178 Å². The third kappa shape index (κ3) is 4.21. The van der Waals surface area contributed by atoms with Crippen molar-refractivity contribution < 1.29 is 18.0 Å². The van der Waals surface area contributed by atoms with Gasteiger partial charge < -0.3 is 5.32 Å². The highest BCUT2D eigenvalue weighted by Crippen LogP contribution is 2.31. The summed E-state index contributed by atoms with van der Waals surface area (Å²) in [5.74, 6) is -0.510. The summed E-state index contributed by atoms with van der Waals surface area (Å²) in [7, 11) is 0. The molecule has 0 saturated carbocycles. The number of para-hydroxylation sites is 1. The fourth-order valence-corrected chi connectivity index (χ4v) is 3.53. The standard InChI is InChI=1S/C23H14BrF3N2O/c24-16-7-3-5-14(11-16)21-13-19(18-9-1-2-10-20(18)29-21)22(30)28-17-8-4-6-15(12-17)23(25,26)27/h1-13H,(H,28,30). The summed E-state index contributed by atoms with van der Waals surface area (Å²) < 4.78 is 39.8. The maximum atomic E-state index is 13.0. The van der Waals surface area contributed by atoms with Crippen molar-refractivity contribution in [3.05, 3.63) is 94.5 Å². The van der Waals surface area contributed by atoms with E-state index >= 15 is 0 Å². The molecular weight excluding hydrogens is 457 g/mol. The zero-order valence-electron chi connectivity index (χ0n) is 15.4. The van der Waals surface area contributed by atoms with E-state index in [2.05, 4.69) is 26.2 Å². The van der Waals surface area contributed by atoms with Gasteiger partial charge in [-0.1, -0.05) is 52.3 Å². The van der Waals surface area contributed by atoms with Crippen LogP contribution in [0.4, 0.5) is 18.9 Å². The van der Waals surface area contributed by atoms with Crippen LogP contribution in [0.5, 0.6) is 0 Å². The molecule has 0 aliphatic rings. The van der Waals surface area contributed by atoms with Gasteiger partial charge in [0, 0.05) is 21.1 Å². The molecule has 7 heteroatoms. The molecule has 4 rings (SSSR count). The smallest absolute Gasteiger partial charge is 0.322 e. The van der Waals surface area contributed by atoms with Crippen molar-refractivity contribution >= 4 is 38.4 Å². The van der Waals surface area contributed by atoms with Gasteiger partial charge in [0.05, 0.1) is 22.3 Å². The number of carbonyl (C=O) groups is 1. The van der Waals surface area contributed by atoms with Crippen LogP contribution in [-0.2, 0) is 6.18 Å². The second-order valence-electron chi connectivity index (χ2n) is 6.62. The summed E-state index contributed by atoms with van der Waals surface area (Å²) in [6, 6.07) is 20.8. The Kier molecular flexibility index (Phi) is 5.30. The second-order valence-corrected chi connectivity index (χ2v) is 7.53. The fraction of sp³-hybridized carbons (Fsp3) is 0.0435. The molecule has 1 N–H and O–H groups in total. The van der Waals surface area contributed by atoms with Crippen LogP contribution in [0.25, 0.3) is 22.2 Å². The normalized spacial score (nSPS) is 11.5. The van der Waals surface area contributed by atoms with Gasteiger partial charge in [0.2, 0.25) is 0 Å². The number of amides is 1. The monoisotopic (exact) mass is 470 g/mol. The molecular formula is C23H14BrF3N2O. The number of carbonyl (C=O) groups excluding carboxylic acids is 1. The average molecular weight is 471 g/mol. The highest BCUT2D eigenvalue weighted by atomic mass is 79.9. The lowest BCUT2D eigenvalue weighted by atomic mass is 10.0.